The Morgan fingerprint density at radius 3 is 3.27 bits per heavy atom. The Morgan fingerprint density at radius 2 is 2.40 bits per heavy atom. The van der Waals surface area contributed by atoms with Crippen molar-refractivity contribution < 1.29 is 4.74 Å². The van der Waals surface area contributed by atoms with Crippen LogP contribution in [0.1, 0.15) is 25.5 Å². The Labute approximate surface area is 87.9 Å². The third-order valence-electron chi connectivity index (χ3n) is 2.78. The van der Waals surface area contributed by atoms with Crippen LogP contribution >= 0.6 is 0 Å². The molecule has 0 aliphatic carbocycles. The molecule has 4 heteroatoms. The molecule has 0 bridgehead atoms. The molecule has 0 amide bonds. The van der Waals surface area contributed by atoms with Crippen molar-refractivity contribution >= 4 is 11.0 Å². The third-order valence-corrected chi connectivity index (χ3v) is 2.78. The Morgan fingerprint density at radius 1 is 1.40 bits per heavy atom. The summed E-state index contributed by atoms with van der Waals surface area (Å²) in [4.78, 5) is 4.34. The summed E-state index contributed by atoms with van der Waals surface area (Å²) >= 11 is 0. The van der Waals surface area contributed by atoms with Crippen molar-refractivity contribution in [3.05, 3.63) is 24.5 Å². The van der Waals surface area contributed by atoms with Gasteiger partial charge in [0.1, 0.15) is 0 Å². The van der Waals surface area contributed by atoms with E-state index in [0.717, 1.165) is 30.5 Å². The number of fused-ring (bicyclic) bond motifs is 1. The molecule has 0 spiro atoms. The topological polar surface area (TPSA) is 39.9 Å². The SMILES string of the molecule is c1cnc2c(c1)cnn2C1CCCCO1. The van der Waals surface area contributed by atoms with Crippen LogP contribution in [0, 0.1) is 0 Å². The molecule has 1 saturated heterocycles. The largest absolute Gasteiger partial charge is 0.356 e. The van der Waals surface area contributed by atoms with E-state index < -0.39 is 0 Å². The van der Waals surface area contributed by atoms with Crippen molar-refractivity contribution in [2.75, 3.05) is 6.61 Å². The molecular weight excluding hydrogens is 190 g/mol. The Hall–Kier alpha value is -1.42. The lowest BCUT2D eigenvalue weighted by Gasteiger charge is -2.22. The molecule has 4 nitrogen and oxygen atoms in total. The Bertz CT molecular complexity index is 460. The van der Waals surface area contributed by atoms with Crippen LogP contribution in [0.4, 0.5) is 0 Å². The standard InChI is InChI=1S/C11H13N3O/c1-2-7-15-10(5-1)14-11-9(8-13-14)4-3-6-12-11/h3-4,6,8,10H,1-2,5,7H2. The lowest BCUT2D eigenvalue weighted by molar-refractivity contribution is -0.0370. The van der Waals surface area contributed by atoms with Crippen molar-refractivity contribution in [1.29, 1.82) is 0 Å². The van der Waals surface area contributed by atoms with Gasteiger partial charge < -0.3 is 4.74 Å². The van der Waals surface area contributed by atoms with Gasteiger partial charge in [0, 0.05) is 18.2 Å². The molecule has 0 radical (unpaired) electrons. The van der Waals surface area contributed by atoms with Gasteiger partial charge in [-0.25, -0.2) is 9.67 Å². The molecular formula is C11H13N3O. The molecule has 2 aromatic heterocycles. The van der Waals surface area contributed by atoms with E-state index in [1.165, 1.54) is 6.42 Å². The van der Waals surface area contributed by atoms with Gasteiger partial charge in [0.05, 0.1) is 6.20 Å². The maximum absolute atomic E-state index is 5.69. The van der Waals surface area contributed by atoms with E-state index in [2.05, 4.69) is 10.1 Å². The van der Waals surface area contributed by atoms with E-state index in [0.29, 0.717) is 0 Å². The van der Waals surface area contributed by atoms with Crippen LogP contribution < -0.4 is 0 Å². The lowest BCUT2D eigenvalue weighted by Crippen LogP contribution is -2.19. The van der Waals surface area contributed by atoms with Crippen LogP contribution in [-0.4, -0.2) is 21.4 Å². The van der Waals surface area contributed by atoms with E-state index in [1.54, 1.807) is 6.20 Å². The summed E-state index contributed by atoms with van der Waals surface area (Å²) in [6.07, 6.45) is 7.12. The van der Waals surface area contributed by atoms with Crippen LogP contribution in [0.2, 0.25) is 0 Å². The van der Waals surface area contributed by atoms with Gasteiger partial charge in [0.2, 0.25) is 0 Å². The predicted octanol–water partition coefficient (Wildman–Crippen LogP) is 2.13. The third kappa shape index (κ3) is 1.51. The molecule has 1 unspecified atom stereocenters. The van der Waals surface area contributed by atoms with Crippen LogP contribution in [-0.2, 0) is 4.74 Å². The minimum atomic E-state index is 0.0751. The number of aromatic nitrogens is 3. The van der Waals surface area contributed by atoms with E-state index in [4.69, 9.17) is 4.74 Å². The van der Waals surface area contributed by atoms with Crippen molar-refractivity contribution in [1.82, 2.24) is 14.8 Å². The van der Waals surface area contributed by atoms with Crippen molar-refractivity contribution in [2.45, 2.75) is 25.5 Å². The summed E-state index contributed by atoms with van der Waals surface area (Å²) in [5.41, 5.74) is 0.921. The monoisotopic (exact) mass is 203 g/mol. The minimum Gasteiger partial charge on any atom is -0.356 e. The number of ether oxygens (including phenoxy) is 1. The second-order valence-electron chi connectivity index (χ2n) is 3.83. The van der Waals surface area contributed by atoms with E-state index in [1.807, 2.05) is 23.0 Å². The summed E-state index contributed by atoms with van der Waals surface area (Å²) < 4.78 is 7.59. The first-order chi connectivity index (χ1) is 7.45. The van der Waals surface area contributed by atoms with E-state index >= 15 is 0 Å². The van der Waals surface area contributed by atoms with Crippen molar-refractivity contribution in [3.63, 3.8) is 0 Å². The second kappa shape index (κ2) is 3.62. The quantitative estimate of drug-likeness (QED) is 0.712. The second-order valence-corrected chi connectivity index (χ2v) is 3.83. The fourth-order valence-electron chi connectivity index (χ4n) is 2.01. The summed E-state index contributed by atoms with van der Waals surface area (Å²) in [5, 5.41) is 5.42. The number of nitrogens with zero attached hydrogens (tertiary/aromatic N) is 3. The zero-order valence-electron chi connectivity index (χ0n) is 8.47. The average Bonchev–Trinajstić information content (AvgIpc) is 2.74. The van der Waals surface area contributed by atoms with E-state index in [-0.39, 0.29) is 6.23 Å². The molecule has 3 rings (SSSR count). The maximum Gasteiger partial charge on any atom is 0.160 e. The summed E-state index contributed by atoms with van der Waals surface area (Å²) in [7, 11) is 0. The summed E-state index contributed by atoms with van der Waals surface area (Å²) in [6.45, 7) is 0.832. The first-order valence-corrected chi connectivity index (χ1v) is 5.35. The molecule has 3 heterocycles. The van der Waals surface area contributed by atoms with Crippen LogP contribution in [0.25, 0.3) is 11.0 Å². The lowest BCUT2D eigenvalue weighted by atomic mass is 10.2. The molecule has 2 aromatic rings. The fourth-order valence-corrected chi connectivity index (χ4v) is 2.01. The summed E-state index contributed by atoms with van der Waals surface area (Å²) in [5.74, 6) is 0. The van der Waals surface area contributed by atoms with Crippen LogP contribution in [0.15, 0.2) is 24.5 Å². The molecule has 0 N–H and O–H groups in total. The molecule has 15 heavy (non-hydrogen) atoms. The van der Waals surface area contributed by atoms with Gasteiger partial charge in [-0.15, -0.1) is 0 Å². The average molecular weight is 203 g/mol. The highest BCUT2D eigenvalue weighted by atomic mass is 16.5. The molecule has 1 aliphatic rings. The Balaban J connectivity index is 2.02. The molecule has 0 aromatic carbocycles. The van der Waals surface area contributed by atoms with Gasteiger partial charge in [-0.05, 0) is 31.4 Å². The van der Waals surface area contributed by atoms with Gasteiger partial charge in [-0.3, -0.25) is 0 Å². The number of rotatable bonds is 1. The van der Waals surface area contributed by atoms with Gasteiger partial charge in [0.25, 0.3) is 0 Å². The first-order valence-electron chi connectivity index (χ1n) is 5.35. The Kier molecular flexibility index (Phi) is 2.14. The number of hydrogen-bond acceptors (Lipinski definition) is 3. The van der Waals surface area contributed by atoms with Gasteiger partial charge in [-0.1, -0.05) is 0 Å². The smallest absolute Gasteiger partial charge is 0.160 e. The van der Waals surface area contributed by atoms with Crippen molar-refractivity contribution in [3.8, 4) is 0 Å². The highest BCUT2D eigenvalue weighted by Gasteiger charge is 2.18. The van der Waals surface area contributed by atoms with Gasteiger partial charge >= 0.3 is 0 Å². The molecule has 1 atom stereocenters. The predicted molar refractivity (Wildman–Crippen MR) is 56.4 cm³/mol. The number of pyridine rings is 1. The van der Waals surface area contributed by atoms with E-state index in [9.17, 15) is 0 Å². The van der Waals surface area contributed by atoms with Crippen LogP contribution in [0.3, 0.4) is 0 Å². The summed E-state index contributed by atoms with van der Waals surface area (Å²) in [6, 6.07) is 3.95. The zero-order valence-corrected chi connectivity index (χ0v) is 8.47. The normalized spacial score (nSPS) is 22.0. The van der Waals surface area contributed by atoms with Gasteiger partial charge in [-0.2, -0.15) is 5.10 Å². The fraction of sp³-hybridized carbons (Fsp3) is 0.455. The number of hydrogen-bond donors (Lipinski definition) is 0. The highest BCUT2D eigenvalue weighted by molar-refractivity contribution is 5.73. The van der Waals surface area contributed by atoms with Crippen molar-refractivity contribution in [2.24, 2.45) is 0 Å². The molecule has 0 saturated carbocycles. The first kappa shape index (κ1) is 8.85. The maximum atomic E-state index is 5.69. The molecule has 1 aliphatic heterocycles. The zero-order chi connectivity index (χ0) is 10.1. The van der Waals surface area contributed by atoms with Gasteiger partial charge in [0.15, 0.2) is 11.9 Å². The molecule has 78 valence electrons. The van der Waals surface area contributed by atoms with Crippen LogP contribution in [0.5, 0.6) is 0 Å². The highest BCUT2D eigenvalue weighted by Crippen LogP contribution is 2.24. The molecule has 1 fully saturated rings. The minimum absolute atomic E-state index is 0.0751.